The predicted octanol–water partition coefficient (Wildman–Crippen LogP) is 2.53. The summed E-state index contributed by atoms with van der Waals surface area (Å²) in [5.41, 5.74) is 1.40. The Labute approximate surface area is 101 Å². The third-order valence-electron chi connectivity index (χ3n) is 2.29. The molecule has 0 aliphatic heterocycles. The molecule has 1 heterocycles. The van der Waals surface area contributed by atoms with E-state index in [0.29, 0.717) is 12.2 Å². The molecule has 0 aliphatic carbocycles. The number of rotatable bonds is 5. The second kappa shape index (κ2) is 6.48. The molecule has 16 heavy (non-hydrogen) atoms. The number of alkyl halides is 1. The van der Waals surface area contributed by atoms with Crippen LogP contribution >= 0.6 is 11.6 Å². The molecule has 1 aromatic rings. The van der Waals surface area contributed by atoms with Gasteiger partial charge < -0.3 is 5.32 Å². The van der Waals surface area contributed by atoms with E-state index in [-0.39, 0.29) is 11.3 Å². The van der Waals surface area contributed by atoms with Crippen molar-refractivity contribution in [1.29, 1.82) is 0 Å². The number of halogens is 1. The van der Waals surface area contributed by atoms with Crippen molar-refractivity contribution >= 4 is 17.5 Å². The Morgan fingerprint density at radius 3 is 3.00 bits per heavy atom. The van der Waals surface area contributed by atoms with E-state index in [1.165, 1.54) is 0 Å². The van der Waals surface area contributed by atoms with Gasteiger partial charge in [-0.05, 0) is 38.3 Å². The summed E-state index contributed by atoms with van der Waals surface area (Å²) in [7, 11) is 0. The molecule has 4 heteroatoms. The minimum Gasteiger partial charge on any atom is -0.351 e. The Morgan fingerprint density at radius 2 is 2.38 bits per heavy atom. The molecule has 88 valence electrons. The molecular formula is C12H17ClN2O. The number of carbonyl (C=O) groups excluding carboxylic acids is 1. The highest BCUT2D eigenvalue weighted by Crippen LogP contribution is 2.04. The maximum atomic E-state index is 11.7. The summed E-state index contributed by atoms with van der Waals surface area (Å²) in [6, 6.07) is 3.70. The van der Waals surface area contributed by atoms with E-state index in [0.717, 1.165) is 18.4 Å². The fraction of sp³-hybridized carbons (Fsp3) is 0.500. The van der Waals surface area contributed by atoms with Crippen LogP contribution in [0.3, 0.4) is 0 Å². The van der Waals surface area contributed by atoms with Crippen LogP contribution in [0.1, 0.15) is 35.8 Å². The first-order valence-corrected chi connectivity index (χ1v) is 5.89. The molecule has 1 atom stereocenters. The van der Waals surface area contributed by atoms with Crippen LogP contribution in [0.2, 0.25) is 0 Å². The van der Waals surface area contributed by atoms with Crippen molar-refractivity contribution in [2.24, 2.45) is 0 Å². The zero-order chi connectivity index (χ0) is 12.0. The highest BCUT2D eigenvalue weighted by molar-refractivity contribution is 6.20. The number of nitrogens with zero attached hydrogens (tertiary/aromatic N) is 1. The zero-order valence-electron chi connectivity index (χ0n) is 9.66. The lowest BCUT2D eigenvalue weighted by atomic mass is 10.2. The van der Waals surface area contributed by atoms with Crippen molar-refractivity contribution in [2.45, 2.75) is 32.1 Å². The topological polar surface area (TPSA) is 42.0 Å². The number of aromatic nitrogens is 1. The summed E-state index contributed by atoms with van der Waals surface area (Å²) < 4.78 is 0. The average molecular weight is 241 g/mol. The van der Waals surface area contributed by atoms with Crippen LogP contribution < -0.4 is 5.32 Å². The van der Waals surface area contributed by atoms with E-state index in [4.69, 9.17) is 11.6 Å². The lowest BCUT2D eigenvalue weighted by Crippen LogP contribution is -2.26. The van der Waals surface area contributed by atoms with E-state index in [9.17, 15) is 4.79 Å². The van der Waals surface area contributed by atoms with Crippen molar-refractivity contribution in [3.05, 3.63) is 29.6 Å². The molecule has 1 unspecified atom stereocenters. The van der Waals surface area contributed by atoms with Crippen molar-refractivity contribution < 1.29 is 4.79 Å². The largest absolute Gasteiger partial charge is 0.351 e. The maximum absolute atomic E-state index is 11.7. The van der Waals surface area contributed by atoms with Gasteiger partial charge in [-0.2, -0.15) is 0 Å². The maximum Gasteiger partial charge on any atom is 0.270 e. The van der Waals surface area contributed by atoms with E-state index < -0.39 is 0 Å². The highest BCUT2D eigenvalue weighted by atomic mass is 35.5. The summed E-state index contributed by atoms with van der Waals surface area (Å²) in [6.45, 7) is 4.47. The summed E-state index contributed by atoms with van der Waals surface area (Å²) >= 11 is 5.81. The van der Waals surface area contributed by atoms with Crippen LogP contribution in [0.15, 0.2) is 18.3 Å². The Balaban J connectivity index is 2.39. The SMILES string of the molecule is Cc1cccnc1C(=O)NCCCC(C)Cl. The molecule has 0 spiro atoms. The second-order valence-electron chi connectivity index (χ2n) is 3.85. The van der Waals surface area contributed by atoms with Crippen molar-refractivity contribution in [1.82, 2.24) is 10.3 Å². The van der Waals surface area contributed by atoms with Gasteiger partial charge in [0.2, 0.25) is 0 Å². The van der Waals surface area contributed by atoms with Gasteiger partial charge in [-0.25, -0.2) is 0 Å². The fourth-order valence-corrected chi connectivity index (χ4v) is 1.55. The summed E-state index contributed by atoms with van der Waals surface area (Å²) in [4.78, 5) is 15.8. The lowest BCUT2D eigenvalue weighted by Gasteiger charge is -2.07. The smallest absolute Gasteiger partial charge is 0.270 e. The molecular weight excluding hydrogens is 224 g/mol. The third kappa shape index (κ3) is 4.19. The Morgan fingerprint density at radius 1 is 1.62 bits per heavy atom. The number of carbonyl (C=O) groups is 1. The van der Waals surface area contributed by atoms with Crippen LogP contribution in [0.5, 0.6) is 0 Å². The van der Waals surface area contributed by atoms with Gasteiger partial charge in [0, 0.05) is 18.1 Å². The zero-order valence-corrected chi connectivity index (χ0v) is 10.4. The van der Waals surface area contributed by atoms with Gasteiger partial charge in [0.25, 0.3) is 5.91 Å². The second-order valence-corrected chi connectivity index (χ2v) is 4.59. The molecule has 0 radical (unpaired) electrons. The summed E-state index contributed by atoms with van der Waals surface area (Å²) in [5, 5.41) is 3.00. The molecule has 0 aliphatic rings. The first-order chi connectivity index (χ1) is 7.61. The molecule has 0 saturated carbocycles. The number of aryl methyl sites for hydroxylation is 1. The number of pyridine rings is 1. The number of hydrogen-bond acceptors (Lipinski definition) is 2. The van der Waals surface area contributed by atoms with Crippen LogP contribution in [0, 0.1) is 6.92 Å². The molecule has 1 N–H and O–H groups in total. The monoisotopic (exact) mass is 240 g/mol. The van der Waals surface area contributed by atoms with Gasteiger partial charge in [0.05, 0.1) is 0 Å². The number of hydrogen-bond donors (Lipinski definition) is 1. The fourth-order valence-electron chi connectivity index (χ4n) is 1.39. The first-order valence-electron chi connectivity index (χ1n) is 5.45. The molecule has 1 aromatic heterocycles. The summed E-state index contributed by atoms with van der Waals surface area (Å²) in [6.07, 6.45) is 3.42. The molecule has 1 rings (SSSR count). The van der Waals surface area contributed by atoms with Crippen LogP contribution in [0.25, 0.3) is 0 Å². The van der Waals surface area contributed by atoms with Gasteiger partial charge in [0.1, 0.15) is 5.69 Å². The predicted molar refractivity (Wildman–Crippen MR) is 65.9 cm³/mol. The molecule has 0 aromatic carbocycles. The number of amides is 1. The van der Waals surface area contributed by atoms with E-state index >= 15 is 0 Å². The minimum absolute atomic E-state index is 0.111. The van der Waals surface area contributed by atoms with Crippen LogP contribution in [0.4, 0.5) is 0 Å². The van der Waals surface area contributed by atoms with Gasteiger partial charge in [-0.1, -0.05) is 6.07 Å². The Kier molecular flexibility index (Phi) is 5.26. The van der Waals surface area contributed by atoms with Crippen molar-refractivity contribution in [3.63, 3.8) is 0 Å². The molecule has 0 saturated heterocycles. The average Bonchev–Trinajstić information content (AvgIpc) is 2.24. The van der Waals surface area contributed by atoms with Crippen molar-refractivity contribution in [3.8, 4) is 0 Å². The lowest BCUT2D eigenvalue weighted by molar-refractivity contribution is 0.0947. The van der Waals surface area contributed by atoms with Crippen LogP contribution in [-0.4, -0.2) is 22.8 Å². The van der Waals surface area contributed by atoms with Crippen molar-refractivity contribution in [2.75, 3.05) is 6.54 Å². The van der Waals surface area contributed by atoms with Crippen LogP contribution in [-0.2, 0) is 0 Å². The van der Waals surface area contributed by atoms with Gasteiger partial charge in [-0.3, -0.25) is 9.78 Å². The third-order valence-corrected chi connectivity index (χ3v) is 2.51. The Bertz CT molecular complexity index is 353. The first kappa shape index (κ1) is 13.0. The minimum atomic E-state index is -0.111. The highest BCUT2D eigenvalue weighted by Gasteiger charge is 2.08. The molecule has 0 bridgehead atoms. The quantitative estimate of drug-likeness (QED) is 0.635. The van der Waals surface area contributed by atoms with Gasteiger partial charge in [0.15, 0.2) is 0 Å². The number of nitrogens with one attached hydrogen (secondary N) is 1. The molecule has 3 nitrogen and oxygen atoms in total. The summed E-state index contributed by atoms with van der Waals surface area (Å²) in [5.74, 6) is -0.111. The van der Waals surface area contributed by atoms with E-state index in [1.807, 2.05) is 26.0 Å². The van der Waals surface area contributed by atoms with Gasteiger partial charge in [-0.15, -0.1) is 11.6 Å². The Hall–Kier alpha value is -1.09. The van der Waals surface area contributed by atoms with E-state index in [1.54, 1.807) is 6.20 Å². The normalized spacial score (nSPS) is 12.2. The molecule has 1 amide bonds. The molecule has 0 fully saturated rings. The van der Waals surface area contributed by atoms with Gasteiger partial charge >= 0.3 is 0 Å². The standard InChI is InChI=1S/C12H17ClN2O/c1-9-5-3-7-14-11(9)12(16)15-8-4-6-10(2)13/h3,5,7,10H,4,6,8H2,1-2H3,(H,15,16). The van der Waals surface area contributed by atoms with E-state index in [2.05, 4.69) is 10.3 Å².